The molecule has 92 valence electrons. The molecule has 1 amide bonds. The fraction of sp³-hybridized carbons (Fsp3) is 0.462. The molecule has 1 heterocycles. The zero-order valence-corrected chi connectivity index (χ0v) is 10.8. The van der Waals surface area contributed by atoms with Crippen molar-refractivity contribution in [2.24, 2.45) is 11.8 Å². The average Bonchev–Trinajstić information content (AvgIpc) is 2.71. The van der Waals surface area contributed by atoms with Crippen molar-refractivity contribution < 1.29 is 4.79 Å². The third-order valence-corrected chi connectivity index (χ3v) is 3.79. The second-order valence-electron chi connectivity index (χ2n) is 4.64. The Kier molecular flexibility index (Phi) is 3.69. The van der Waals surface area contributed by atoms with Crippen LogP contribution in [-0.4, -0.2) is 19.0 Å². The third-order valence-electron chi connectivity index (χ3n) is 3.38. The van der Waals surface area contributed by atoms with Gasteiger partial charge in [-0.25, -0.2) is 0 Å². The zero-order valence-electron chi connectivity index (χ0n) is 10.1. The van der Waals surface area contributed by atoms with E-state index in [4.69, 9.17) is 11.6 Å². The van der Waals surface area contributed by atoms with Gasteiger partial charge in [-0.1, -0.05) is 24.6 Å². The standard InChI is InChI=1S/C13H17ClN2O/c1-8-6-15-7-10(8)13(17)16-12-5-3-4-11(14)9(12)2/h3-5,8,10,15H,6-7H2,1-2H3,(H,16,17)/t8-,10-/m1/s1. The van der Waals surface area contributed by atoms with Crippen LogP contribution in [0.1, 0.15) is 12.5 Å². The molecule has 4 heteroatoms. The van der Waals surface area contributed by atoms with Crippen LogP contribution in [0.2, 0.25) is 5.02 Å². The van der Waals surface area contributed by atoms with E-state index in [0.29, 0.717) is 10.9 Å². The number of hydrogen-bond donors (Lipinski definition) is 2. The number of carbonyl (C=O) groups excluding carboxylic acids is 1. The number of carbonyl (C=O) groups is 1. The van der Waals surface area contributed by atoms with E-state index in [1.165, 1.54) is 0 Å². The largest absolute Gasteiger partial charge is 0.326 e. The minimum Gasteiger partial charge on any atom is -0.326 e. The van der Waals surface area contributed by atoms with Crippen molar-refractivity contribution in [3.63, 3.8) is 0 Å². The van der Waals surface area contributed by atoms with Gasteiger partial charge in [0, 0.05) is 17.3 Å². The lowest BCUT2D eigenvalue weighted by molar-refractivity contribution is -0.120. The molecule has 3 nitrogen and oxygen atoms in total. The summed E-state index contributed by atoms with van der Waals surface area (Å²) in [7, 11) is 0. The second kappa shape index (κ2) is 5.07. The van der Waals surface area contributed by atoms with Crippen LogP contribution in [0.5, 0.6) is 0 Å². The first-order valence-corrected chi connectivity index (χ1v) is 6.24. The quantitative estimate of drug-likeness (QED) is 0.849. The normalized spacial score (nSPS) is 23.7. The van der Waals surface area contributed by atoms with Crippen LogP contribution in [0.15, 0.2) is 18.2 Å². The molecule has 0 aromatic heterocycles. The van der Waals surface area contributed by atoms with Crippen LogP contribution >= 0.6 is 11.6 Å². The van der Waals surface area contributed by atoms with Crippen molar-refractivity contribution in [1.29, 1.82) is 0 Å². The van der Waals surface area contributed by atoms with Gasteiger partial charge in [0.1, 0.15) is 0 Å². The van der Waals surface area contributed by atoms with E-state index in [0.717, 1.165) is 24.3 Å². The van der Waals surface area contributed by atoms with E-state index in [9.17, 15) is 4.79 Å². The topological polar surface area (TPSA) is 41.1 Å². The number of nitrogens with one attached hydrogen (secondary N) is 2. The van der Waals surface area contributed by atoms with E-state index in [-0.39, 0.29) is 11.8 Å². The Bertz CT molecular complexity index is 433. The lowest BCUT2D eigenvalue weighted by Gasteiger charge is -2.15. The molecule has 2 atom stereocenters. The molecule has 1 aromatic carbocycles. The molecule has 2 rings (SSSR count). The molecule has 17 heavy (non-hydrogen) atoms. The fourth-order valence-electron chi connectivity index (χ4n) is 2.13. The van der Waals surface area contributed by atoms with Gasteiger partial charge in [0.2, 0.25) is 5.91 Å². The van der Waals surface area contributed by atoms with Gasteiger partial charge in [0.25, 0.3) is 0 Å². The van der Waals surface area contributed by atoms with E-state index < -0.39 is 0 Å². The maximum atomic E-state index is 12.1. The number of benzene rings is 1. The van der Waals surface area contributed by atoms with Gasteiger partial charge >= 0.3 is 0 Å². The average molecular weight is 253 g/mol. The number of anilines is 1. The van der Waals surface area contributed by atoms with Crippen LogP contribution in [0.4, 0.5) is 5.69 Å². The smallest absolute Gasteiger partial charge is 0.229 e. The molecule has 1 aromatic rings. The Morgan fingerprint density at radius 2 is 2.24 bits per heavy atom. The van der Waals surface area contributed by atoms with Crippen LogP contribution in [0.3, 0.4) is 0 Å². The van der Waals surface area contributed by atoms with Crippen molar-refractivity contribution in [3.8, 4) is 0 Å². The second-order valence-corrected chi connectivity index (χ2v) is 5.05. The van der Waals surface area contributed by atoms with Crippen molar-refractivity contribution in [2.75, 3.05) is 18.4 Å². The predicted molar refractivity (Wildman–Crippen MR) is 70.3 cm³/mol. The first-order valence-electron chi connectivity index (χ1n) is 5.86. The van der Waals surface area contributed by atoms with Crippen LogP contribution in [0, 0.1) is 18.8 Å². The summed E-state index contributed by atoms with van der Waals surface area (Å²) in [5.74, 6) is 0.510. The first-order chi connectivity index (χ1) is 8.09. The Hall–Kier alpha value is -1.06. The Labute approximate surface area is 107 Å². The highest BCUT2D eigenvalue weighted by Gasteiger charge is 2.29. The van der Waals surface area contributed by atoms with E-state index in [1.807, 2.05) is 25.1 Å². The Balaban J connectivity index is 2.10. The summed E-state index contributed by atoms with van der Waals surface area (Å²) < 4.78 is 0. The fourth-order valence-corrected chi connectivity index (χ4v) is 2.30. The van der Waals surface area contributed by atoms with Crippen LogP contribution in [-0.2, 0) is 4.79 Å². The molecule has 1 aliphatic heterocycles. The van der Waals surface area contributed by atoms with Gasteiger partial charge < -0.3 is 10.6 Å². The lowest BCUT2D eigenvalue weighted by Crippen LogP contribution is -2.28. The van der Waals surface area contributed by atoms with Crippen molar-refractivity contribution in [3.05, 3.63) is 28.8 Å². The van der Waals surface area contributed by atoms with Gasteiger partial charge in [-0.2, -0.15) is 0 Å². The highest BCUT2D eigenvalue weighted by atomic mass is 35.5. The lowest BCUT2D eigenvalue weighted by atomic mass is 9.97. The summed E-state index contributed by atoms with van der Waals surface area (Å²) in [6.07, 6.45) is 0. The highest BCUT2D eigenvalue weighted by molar-refractivity contribution is 6.31. The number of hydrogen-bond acceptors (Lipinski definition) is 2. The SMILES string of the molecule is Cc1c(Cl)cccc1NC(=O)[C@@H]1CNC[C@H]1C. The third kappa shape index (κ3) is 2.61. The number of rotatable bonds is 2. The molecule has 1 fully saturated rings. The predicted octanol–water partition coefficient (Wildman–Crippen LogP) is 2.44. The maximum absolute atomic E-state index is 12.1. The van der Waals surface area contributed by atoms with Gasteiger partial charge in [-0.05, 0) is 37.1 Å². The zero-order chi connectivity index (χ0) is 12.4. The summed E-state index contributed by atoms with van der Waals surface area (Å²) in [5, 5.41) is 6.87. The number of amides is 1. The van der Waals surface area contributed by atoms with E-state index in [1.54, 1.807) is 0 Å². The minimum atomic E-state index is 0.0494. The minimum absolute atomic E-state index is 0.0494. The molecular weight excluding hydrogens is 236 g/mol. The summed E-state index contributed by atoms with van der Waals surface area (Å²) in [6.45, 7) is 5.67. The molecular formula is C13H17ClN2O. The molecule has 1 saturated heterocycles. The van der Waals surface area contributed by atoms with Gasteiger partial charge in [-0.15, -0.1) is 0 Å². The molecule has 0 spiro atoms. The van der Waals surface area contributed by atoms with Crippen molar-refractivity contribution in [1.82, 2.24) is 5.32 Å². The number of halogens is 1. The summed E-state index contributed by atoms with van der Waals surface area (Å²) in [5.41, 5.74) is 1.72. The summed E-state index contributed by atoms with van der Waals surface area (Å²) >= 11 is 6.02. The molecule has 0 aliphatic carbocycles. The summed E-state index contributed by atoms with van der Waals surface area (Å²) in [6, 6.07) is 5.56. The first kappa shape index (κ1) is 12.4. The highest BCUT2D eigenvalue weighted by Crippen LogP contribution is 2.25. The van der Waals surface area contributed by atoms with Crippen molar-refractivity contribution in [2.45, 2.75) is 13.8 Å². The Morgan fingerprint density at radius 3 is 2.88 bits per heavy atom. The summed E-state index contributed by atoms with van der Waals surface area (Å²) in [4.78, 5) is 12.1. The van der Waals surface area contributed by atoms with Crippen LogP contribution in [0.25, 0.3) is 0 Å². The molecule has 0 radical (unpaired) electrons. The van der Waals surface area contributed by atoms with E-state index in [2.05, 4.69) is 17.6 Å². The van der Waals surface area contributed by atoms with Gasteiger partial charge in [0.05, 0.1) is 5.92 Å². The molecule has 0 bridgehead atoms. The molecule has 1 aliphatic rings. The van der Waals surface area contributed by atoms with Crippen molar-refractivity contribution >= 4 is 23.2 Å². The molecule has 0 unspecified atom stereocenters. The molecule has 0 saturated carbocycles. The molecule has 2 N–H and O–H groups in total. The van der Waals surface area contributed by atoms with Gasteiger partial charge in [-0.3, -0.25) is 4.79 Å². The maximum Gasteiger partial charge on any atom is 0.229 e. The Morgan fingerprint density at radius 1 is 1.47 bits per heavy atom. The monoisotopic (exact) mass is 252 g/mol. The van der Waals surface area contributed by atoms with Crippen LogP contribution < -0.4 is 10.6 Å². The van der Waals surface area contributed by atoms with Gasteiger partial charge in [0.15, 0.2) is 0 Å². The van der Waals surface area contributed by atoms with E-state index >= 15 is 0 Å².